The summed E-state index contributed by atoms with van der Waals surface area (Å²) in [5.74, 6) is 1.45. The number of benzene rings is 7. The molecule has 14 heteroatoms. The van der Waals surface area contributed by atoms with Crippen LogP contribution in [-0.2, 0) is 29.2 Å². The van der Waals surface area contributed by atoms with Crippen molar-refractivity contribution in [3.8, 4) is 11.1 Å². The van der Waals surface area contributed by atoms with Gasteiger partial charge < -0.3 is 31.1 Å². The Hall–Kier alpha value is -7.94. The van der Waals surface area contributed by atoms with Gasteiger partial charge in [0.15, 0.2) is 0 Å². The van der Waals surface area contributed by atoms with E-state index in [-0.39, 0.29) is 18.1 Å². The highest BCUT2D eigenvalue weighted by Crippen LogP contribution is 2.39. The molecule has 0 spiro atoms. The van der Waals surface area contributed by atoms with Gasteiger partial charge in [0.1, 0.15) is 18.2 Å². The third-order valence-corrected chi connectivity index (χ3v) is 15.5. The van der Waals surface area contributed by atoms with Gasteiger partial charge in [-0.25, -0.2) is 14.8 Å². The van der Waals surface area contributed by atoms with E-state index in [2.05, 4.69) is 71.5 Å². The van der Waals surface area contributed by atoms with E-state index < -0.39 is 5.97 Å². The molecule has 0 unspecified atom stereocenters. The summed E-state index contributed by atoms with van der Waals surface area (Å²) in [5, 5.41) is 26.6. The van der Waals surface area contributed by atoms with Crippen molar-refractivity contribution in [3.63, 3.8) is 0 Å². The van der Waals surface area contributed by atoms with Crippen molar-refractivity contribution in [3.05, 3.63) is 186 Å². The average Bonchev–Trinajstić information content (AvgIpc) is 3.93. The highest BCUT2D eigenvalue weighted by atomic mass is 32.2. The van der Waals surface area contributed by atoms with E-state index in [0.29, 0.717) is 47.7 Å². The lowest BCUT2D eigenvalue weighted by Gasteiger charge is -2.18. The number of aromatic nitrogens is 4. The van der Waals surface area contributed by atoms with E-state index in [4.69, 9.17) is 24.7 Å². The number of hydrogen-bond acceptors (Lipinski definition) is 13. The summed E-state index contributed by atoms with van der Waals surface area (Å²) < 4.78 is 5.34. The van der Waals surface area contributed by atoms with E-state index in [0.717, 1.165) is 101 Å². The summed E-state index contributed by atoms with van der Waals surface area (Å²) in [6.45, 7) is 6.88. The Morgan fingerprint density at radius 3 is 1.84 bits per heavy atom. The minimum atomic E-state index is -1.00. The maximum Gasteiger partial charge on any atom is 0.336 e. The number of aromatic carboxylic acids is 1. The van der Waals surface area contributed by atoms with Gasteiger partial charge in [0, 0.05) is 67.7 Å². The number of nitrogens with one attached hydrogen (secondary N) is 4. The fourth-order valence-electron chi connectivity index (χ4n) is 9.20. The molecular weight excluding hydrogens is 961 g/mol. The first-order chi connectivity index (χ1) is 36.1. The second-order valence-electron chi connectivity index (χ2n) is 18.6. The molecule has 7 aromatic carbocycles. The lowest BCUT2D eigenvalue weighted by Crippen LogP contribution is -2.17. The summed E-state index contributed by atoms with van der Waals surface area (Å²) in [7, 11) is 0. The first kappa shape index (κ1) is 49.6. The van der Waals surface area contributed by atoms with Crippen molar-refractivity contribution in [2.24, 2.45) is 0 Å². The molecule has 0 radical (unpaired) electrons. The Kier molecular flexibility index (Phi) is 15.3. The van der Waals surface area contributed by atoms with Crippen LogP contribution in [-0.4, -0.2) is 43.0 Å². The highest BCUT2D eigenvalue weighted by molar-refractivity contribution is 7.99. The van der Waals surface area contributed by atoms with Gasteiger partial charge in [0.2, 0.25) is 11.9 Å². The molecule has 0 amide bonds. The number of carboxylic acid groups (broad SMARTS) is 1. The Balaban J connectivity index is 0.904. The SMILES string of the molecule is CC(=O)OCc1ccccc1Sc1ccccc1CNc1nc(NC2CCCC2)c2cc(-c3ccc(C(=O)O)c(Sc4ccccc4CNc4nc(Nc5ccccc5C(C)C)c5ccccc5n4)c3)ccc2n1. The monoisotopic (exact) mass is 1020 g/mol. The molecule has 1 aliphatic rings. The number of hydrogen-bond donors (Lipinski definition) is 5. The lowest BCUT2D eigenvalue weighted by molar-refractivity contribution is -0.142. The van der Waals surface area contributed by atoms with Crippen LogP contribution in [0.1, 0.15) is 85.0 Å². The molecule has 2 heterocycles. The summed E-state index contributed by atoms with van der Waals surface area (Å²) in [5.41, 5.74) is 8.77. The Bertz CT molecular complexity index is 3510. The molecule has 1 aliphatic carbocycles. The van der Waals surface area contributed by atoms with Crippen molar-refractivity contribution in [1.82, 2.24) is 19.9 Å². The average molecular weight is 1020 g/mol. The van der Waals surface area contributed by atoms with E-state index in [1.54, 1.807) is 17.8 Å². The number of nitrogens with zero attached hydrogens (tertiary/aromatic N) is 4. The number of esters is 1. The van der Waals surface area contributed by atoms with E-state index in [9.17, 15) is 14.7 Å². The van der Waals surface area contributed by atoms with Crippen LogP contribution in [0.3, 0.4) is 0 Å². The first-order valence-corrected chi connectivity index (χ1v) is 26.5. The minimum Gasteiger partial charge on any atom is -0.478 e. The number of carbonyl (C=O) groups excluding carboxylic acids is 1. The van der Waals surface area contributed by atoms with Crippen molar-refractivity contribution in [2.75, 3.05) is 21.3 Å². The van der Waals surface area contributed by atoms with Crippen molar-refractivity contribution < 1.29 is 19.4 Å². The first-order valence-electron chi connectivity index (χ1n) is 24.9. The second-order valence-corrected chi connectivity index (χ2v) is 20.7. The standard InChI is InChI=1S/C60H56N8O4S2/c1-37(2)45-21-9-11-23-49(45)64-56-46-22-10-12-24-50(46)65-59(67-56)61-35-42-17-5-14-26-53(42)74-55-33-40(28-30-47(55)58(70)71)39-29-31-51-48(32-39)57(63-44-19-7-8-20-44)68-60(66-51)62-34-41-16-4-13-25-52(41)73-54-27-15-6-18-43(54)36-72-38(3)69/h4-6,9-18,21-33,37,44H,7-8,19-20,34-36H2,1-3H3,(H,70,71)(H2,61,64,65,67)(H2,62,63,66,68). The van der Waals surface area contributed by atoms with E-state index >= 15 is 0 Å². The Labute approximate surface area is 439 Å². The van der Waals surface area contributed by atoms with Crippen LogP contribution in [0.2, 0.25) is 0 Å². The topological polar surface area (TPSA) is 163 Å². The third-order valence-electron chi connectivity index (χ3n) is 13.0. The van der Waals surface area contributed by atoms with Gasteiger partial charge in [0.25, 0.3) is 0 Å². The molecule has 0 aliphatic heterocycles. The predicted octanol–water partition coefficient (Wildman–Crippen LogP) is 14.7. The van der Waals surface area contributed by atoms with Crippen LogP contribution in [0.5, 0.6) is 0 Å². The molecule has 12 nitrogen and oxygen atoms in total. The molecule has 1 fully saturated rings. The van der Waals surface area contributed by atoms with Crippen LogP contribution in [0.15, 0.2) is 177 Å². The van der Waals surface area contributed by atoms with Crippen molar-refractivity contribution in [2.45, 2.75) is 97.7 Å². The van der Waals surface area contributed by atoms with Crippen LogP contribution < -0.4 is 21.3 Å². The Morgan fingerprint density at radius 2 is 1.16 bits per heavy atom. The van der Waals surface area contributed by atoms with Gasteiger partial charge in [0.05, 0.1) is 16.6 Å². The molecule has 0 saturated heterocycles. The summed E-state index contributed by atoms with van der Waals surface area (Å²) in [4.78, 5) is 48.0. The second kappa shape index (κ2) is 22.9. The number of para-hydroxylation sites is 2. The summed E-state index contributed by atoms with van der Waals surface area (Å²) in [6, 6.07) is 52.4. The zero-order valence-electron chi connectivity index (χ0n) is 41.4. The van der Waals surface area contributed by atoms with Gasteiger partial charge in [-0.1, -0.05) is 147 Å². The van der Waals surface area contributed by atoms with E-state index in [1.807, 2.05) is 115 Å². The van der Waals surface area contributed by atoms with Crippen LogP contribution >= 0.6 is 23.5 Å². The van der Waals surface area contributed by atoms with Crippen molar-refractivity contribution in [1.29, 1.82) is 0 Å². The van der Waals surface area contributed by atoms with Gasteiger partial charge >= 0.3 is 11.9 Å². The molecule has 372 valence electrons. The number of carboxylic acids is 1. The quantitative estimate of drug-likeness (QED) is 0.0486. The molecule has 0 bridgehead atoms. The Morgan fingerprint density at radius 1 is 0.608 bits per heavy atom. The van der Waals surface area contributed by atoms with Crippen LogP contribution in [0.4, 0.5) is 29.2 Å². The largest absolute Gasteiger partial charge is 0.478 e. The molecule has 0 atom stereocenters. The number of anilines is 5. The summed E-state index contributed by atoms with van der Waals surface area (Å²) >= 11 is 3.06. The fourth-order valence-corrected chi connectivity index (χ4v) is 11.4. The lowest BCUT2D eigenvalue weighted by atomic mass is 10.0. The number of carbonyl (C=O) groups is 2. The maximum atomic E-state index is 12.8. The molecule has 5 N–H and O–H groups in total. The van der Waals surface area contributed by atoms with Gasteiger partial charge in [-0.05, 0) is 107 Å². The zero-order valence-corrected chi connectivity index (χ0v) is 43.0. The molecular formula is C60H56N8O4S2. The molecule has 9 aromatic rings. The number of fused-ring (bicyclic) bond motifs is 2. The predicted molar refractivity (Wildman–Crippen MR) is 299 cm³/mol. The third kappa shape index (κ3) is 11.8. The van der Waals surface area contributed by atoms with Gasteiger partial charge in [-0.2, -0.15) is 9.97 Å². The number of rotatable bonds is 19. The molecule has 2 aromatic heterocycles. The fraction of sp³-hybridized carbons (Fsp3) is 0.200. The highest BCUT2D eigenvalue weighted by Gasteiger charge is 2.21. The molecule has 74 heavy (non-hydrogen) atoms. The van der Waals surface area contributed by atoms with Crippen LogP contribution in [0.25, 0.3) is 32.9 Å². The normalized spacial score (nSPS) is 12.5. The van der Waals surface area contributed by atoms with Crippen LogP contribution in [0, 0.1) is 0 Å². The van der Waals surface area contributed by atoms with Gasteiger partial charge in [-0.3, -0.25) is 4.79 Å². The zero-order chi connectivity index (χ0) is 51.0. The summed E-state index contributed by atoms with van der Waals surface area (Å²) in [6.07, 6.45) is 4.45. The molecule has 10 rings (SSSR count). The van der Waals surface area contributed by atoms with Crippen molar-refractivity contribution >= 4 is 86.5 Å². The van der Waals surface area contributed by atoms with E-state index in [1.165, 1.54) is 24.2 Å². The number of ether oxygens (including phenoxy) is 1. The maximum absolute atomic E-state index is 12.8. The minimum absolute atomic E-state index is 0.210. The molecule has 1 saturated carbocycles. The van der Waals surface area contributed by atoms with Gasteiger partial charge in [-0.15, -0.1) is 0 Å². The smallest absolute Gasteiger partial charge is 0.336 e.